The van der Waals surface area contributed by atoms with Crippen LogP contribution in [-0.4, -0.2) is 18.7 Å². The SMILES string of the molecule is Fc1cc(Br)ccc1C1CNC2(CCCCC2)CO1. The van der Waals surface area contributed by atoms with Crippen molar-refractivity contribution in [2.24, 2.45) is 0 Å². The number of halogens is 2. The van der Waals surface area contributed by atoms with Gasteiger partial charge in [-0.05, 0) is 25.0 Å². The molecule has 2 aliphatic rings. The Morgan fingerprint density at radius 1 is 1.26 bits per heavy atom. The van der Waals surface area contributed by atoms with Crippen LogP contribution in [0.15, 0.2) is 22.7 Å². The third kappa shape index (κ3) is 2.86. The summed E-state index contributed by atoms with van der Waals surface area (Å²) in [6, 6.07) is 5.18. The summed E-state index contributed by atoms with van der Waals surface area (Å²) in [5.41, 5.74) is 0.807. The Balaban J connectivity index is 1.69. The molecule has 4 heteroatoms. The molecule has 1 N–H and O–H groups in total. The Morgan fingerprint density at radius 3 is 2.68 bits per heavy atom. The van der Waals surface area contributed by atoms with Crippen molar-refractivity contribution in [1.29, 1.82) is 0 Å². The number of hydrogen-bond donors (Lipinski definition) is 1. The summed E-state index contributed by atoms with van der Waals surface area (Å²) in [5.74, 6) is -0.194. The van der Waals surface area contributed by atoms with E-state index in [1.165, 1.54) is 38.2 Å². The fourth-order valence-electron chi connectivity index (χ4n) is 3.19. The molecule has 1 heterocycles. The van der Waals surface area contributed by atoms with Gasteiger partial charge in [0, 0.05) is 22.1 Å². The van der Waals surface area contributed by atoms with Gasteiger partial charge in [-0.25, -0.2) is 4.39 Å². The zero-order valence-corrected chi connectivity index (χ0v) is 12.5. The minimum absolute atomic E-state index is 0.153. The molecule has 1 saturated heterocycles. The number of morpholine rings is 1. The standard InChI is InChI=1S/C15H19BrFNO/c16-11-4-5-12(13(17)8-11)14-9-18-15(10-19-14)6-2-1-3-7-15/h4-5,8,14,18H,1-3,6-7,9-10H2. The van der Waals surface area contributed by atoms with Crippen LogP contribution < -0.4 is 5.32 Å². The van der Waals surface area contributed by atoms with E-state index in [-0.39, 0.29) is 17.5 Å². The minimum atomic E-state index is -0.194. The van der Waals surface area contributed by atoms with E-state index < -0.39 is 0 Å². The maximum atomic E-state index is 13.9. The van der Waals surface area contributed by atoms with Gasteiger partial charge in [0.05, 0.1) is 12.7 Å². The molecule has 0 amide bonds. The van der Waals surface area contributed by atoms with Crippen LogP contribution in [0, 0.1) is 5.82 Å². The summed E-state index contributed by atoms with van der Waals surface area (Å²) in [6.45, 7) is 1.41. The number of rotatable bonds is 1. The van der Waals surface area contributed by atoms with E-state index in [2.05, 4.69) is 21.2 Å². The summed E-state index contributed by atoms with van der Waals surface area (Å²) < 4.78 is 20.7. The molecule has 1 aromatic rings. The average molecular weight is 328 g/mol. The molecule has 1 spiro atoms. The van der Waals surface area contributed by atoms with Crippen LogP contribution in [0.3, 0.4) is 0 Å². The quantitative estimate of drug-likeness (QED) is 0.843. The monoisotopic (exact) mass is 327 g/mol. The van der Waals surface area contributed by atoms with E-state index >= 15 is 0 Å². The molecular formula is C15H19BrFNO. The summed E-state index contributed by atoms with van der Waals surface area (Å²) in [7, 11) is 0. The lowest BCUT2D eigenvalue weighted by atomic mass is 9.81. The molecular weight excluding hydrogens is 309 g/mol. The molecule has 1 atom stereocenters. The molecule has 2 nitrogen and oxygen atoms in total. The van der Waals surface area contributed by atoms with Crippen LogP contribution in [0.25, 0.3) is 0 Å². The van der Waals surface area contributed by atoms with Gasteiger partial charge in [0.15, 0.2) is 0 Å². The molecule has 1 aliphatic carbocycles. The Bertz CT molecular complexity index is 449. The highest BCUT2D eigenvalue weighted by molar-refractivity contribution is 9.10. The topological polar surface area (TPSA) is 21.3 Å². The molecule has 3 rings (SSSR count). The highest BCUT2D eigenvalue weighted by Crippen LogP contribution is 2.34. The van der Waals surface area contributed by atoms with Crippen LogP contribution in [0.2, 0.25) is 0 Å². The molecule has 2 fully saturated rings. The van der Waals surface area contributed by atoms with Gasteiger partial charge in [-0.15, -0.1) is 0 Å². The van der Waals surface area contributed by atoms with Gasteiger partial charge in [-0.2, -0.15) is 0 Å². The van der Waals surface area contributed by atoms with E-state index in [4.69, 9.17) is 4.74 Å². The van der Waals surface area contributed by atoms with Crippen molar-refractivity contribution < 1.29 is 9.13 Å². The van der Waals surface area contributed by atoms with E-state index in [0.717, 1.165) is 4.47 Å². The predicted octanol–water partition coefficient (Wildman–Crippen LogP) is 3.95. The first kappa shape index (κ1) is 13.5. The van der Waals surface area contributed by atoms with Gasteiger partial charge < -0.3 is 10.1 Å². The van der Waals surface area contributed by atoms with Crippen molar-refractivity contribution in [3.8, 4) is 0 Å². The highest BCUT2D eigenvalue weighted by Gasteiger charge is 2.37. The van der Waals surface area contributed by atoms with Crippen LogP contribution >= 0.6 is 15.9 Å². The molecule has 1 saturated carbocycles. The lowest BCUT2D eigenvalue weighted by Crippen LogP contribution is -2.55. The predicted molar refractivity (Wildman–Crippen MR) is 76.6 cm³/mol. The lowest BCUT2D eigenvalue weighted by Gasteiger charge is -2.43. The smallest absolute Gasteiger partial charge is 0.130 e. The fraction of sp³-hybridized carbons (Fsp3) is 0.600. The van der Waals surface area contributed by atoms with E-state index in [1.807, 2.05) is 12.1 Å². The van der Waals surface area contributed by atoms with Crippen molar-refractivity contribution in [2.75, 3.05) is 13.2 Å². The Labute approximate surface area is 121 Å². The third-order valence-corrected chi connectivity index (χ3v) is 4.84. The van der Waals surface area contributed by atoms with Crippen LogP contribution in [0.5, 0.6) is 0 Å². The highest BCUT2D eigenvalue weighted by atomic mass is 79.9. The van der Waals surface area contributed by atoms with Crippen LogP contribution in [0.1, 0.15) is 43.8 Å². The second-order valence-electron chi connectivity index (χ2n) is 5.69. The number of ether oxygens (including phenoxy) is 1. The lowest BCUT2D eigenvalue weighted by molar-refractivity contribution is -0.0479. The van der Waals surface area contributed by atoms with E-state index in [1.54, 1.807) is 0 Å². The van der Waals surface area contributed by atoms with E-state index in [9.17, 15) is 4.39 Å². The molecule has 1 unspecified atom stereocenters. The summed E-state index contributed by atoms with van der Waals surface area (Å²) in [5, 5.41) is 3.62. The van der Waals surface area contributed by atoms with Crippen molar-refractivity contribution in [2.45, 2.75) is 43.7 Å². The van der Waals surface area contributed by atoms with Crippen molar-refractivity contribution in [1.82, 2.24) is 5.32 Å². The van der Waals surface area contributed by atoms with Gasteiger partial charge >= 0.3 is 0 Å². The molecule has 0 bridgehead atoms. The normalized spacial score (nSPS) is 26.5. The zero-order chi connectivity index (χ0) is 13.3. The van der Waals surface area contributed by atoms with Gasteiger partial charge in [-0.3, -0.25) is 0 Å². The largest absolute Gasteiger partial charge is 0.370 e. The second-order valence-corrected chi connectivity index (χ2v) is 6.60. The molecule has 104 valence electrons. The minimum Gasteiger partial charge on any atom is -0.370 e. The first-order valence-electron chi connectivity index (χ1n) is 7.00. The van der Waals surface area contributed by atoms with Crippen molar-refractivity contribution in [3.05, 3.63) is 34.1 Å². The number of benzene rings is 1. The number of hydrogen-bond acceptors (Lipinski definition) is 2. The maximum Gasteiger partial charge on any atom is 0.130 e. The van der Waals surface area contributed by atoms with Gasteiger partial charge in [0.2, 0.25) is 0 Å². The third-order valence-electron chi connectivity index (χ3n) is 4.34. The van der Waals surface area contributed by atoms with Crippen LogP contribution in [-0.2, 0) is 4.74 Å². The first-order chi connectivity index (χ1) is 9.19. The van der Waals surface area contributed by atoms with Gasteiger partial charge in [-0.1, -0.05) is 41.3 Å². The van der Waals surface area contributed by atoms with Gasteiger partial charge in [0.25, 0.3) is 0 Å². The molecule has 19 heavy (non-hydrogen) atoms. The molecule has 1 aromatic carbocycles. The second kappa shape index (κ2) is 5.51. The van der Waals surface area contributed by atoms with E-state index in [0.29, 0.717) is 18.7 Å². The average Bonchev–Trinajstić information content (AvgIpc) is 2.41. The zero-order valence-electron chi connectivity index (χ0n) is 10.9. The molecule has 0 aromatic heterocycles. The summed E-state index contributed by atoms with van der Waals surface area (Å²) in [6.07, 6.45) is 6.07. The first-order valence-corrected chi connectivity index (χ1v) is 7.79. The molecule has 0 radical (unpaired) electrons. The maximum absolute atomic E-state index is 13.9. The van der Waals surface area contributed by atoms with Crippen molar-refractivity contribution >= 4 is 15.9 Å². The Hall–Kier alpha value is -0.450. The number of nitrogens with one attached hydrogen (secondary N) is 1. The fourth-order valence-corrected chi connectivity index (χ4v) is 3.52. The summed E-state index contributed by atoms with van der Waals surface area (Å²) in [4.78, 5) is 0. The Morgan fingerprint density at radius 2 is 2.05 bits per heavy atom. The van der Waals surface area contributed by atoms with Crippen LogP contribution in [0.4, 0.5) is 4.39 Å². The summed E-state index contributed by atoms with van der Waals surface area (Å²) >= 11 is 3.28. The molecule has 1 aliphatic heterocycles. The van der Waals surface area contributed by atoms with Gasteiger partial charge in [0.1, 0.15) is 5.82 Å². The van der Waals surface area contributed by atoms with Crippen molar-refractivity contribution in [3.63, 3.8) is 0 Å². The Kier molecular flexibility index (Phi) is 3.92.